The van der Waals surface area contributed by atoms with Crippen molar-refractivity contribution in [1.82, 2.24) is 9.80 Å². The fraction of sp³-hybridized carbons (Fsp3) is 1.00. The van der Waals surface area contributed by atoms with Crippen LogP contribution in [0.2, 0.25) is 0 Å². The van der Waals surface area contributed by atoms with Crippen LogP contribution in [0.15, 0.2) is 0 Å². The third-order valence-corrected chi connectivity index (χ3v) is 1.99. The molecule has 0 aromatic carbocycles. The van der Waals surface area contributed by atoms with Crippen LogP contribution < -0.4 is 0 Å². The van der Waals surface area contributed by atoms with E-state index in [1.54, 1.807) is 0 Å². The number of likely N-dealkylation sites (N-methyl/N-ethyl adjacent to an activating group) is 1. The second-order valence-electron chi connectivity index (χ2n) is 2.99. The molecule has 1 heterocycles. The quantitative estimate of drug-likeness (QED) is 0.535. The van der Waals surface area contributed by atoms with Crippen LogP contribution in [0, 0.1) is 0 Å². The molecule has 0 bridgehead atoms. The standard InChI is InChI=1S/C6H13BF2N2/c1-10-2-4-11(5-3-10)6-7(8)9/h2-6H2,1H3. The van der Waals surface area contributed by atoms with E-state index in [0.717, 1.165) is 26.2 Å². The van der Waals surface area contributed by atoms with E-state index in [4.69, 9.17) is 0 Å². The molecule has 1 saturated heterocycles. The van der Waals surface area contributed by atoms with Gasteiger partial charge < -0.3 is 9.80 Å². The number of hydrogen-bond acceptors (Lipinski definition) is 2. The summed E-state index contributed by atoms with van der Waals surface area (Å²) in [5, 5.41) is 0. The molecule has 1 aliphatic heterocycles. The molecule has 0 spiro atoms. The summed E-state index contributed by atoms with van der Waals surface area (Å²) >= 11 is 0. The zero-order chi connectivity index (χ0) is 8.27. The Morgan fingerprint density at radius 3 is 2.18 bits per heavy atom. The normalized spacial score (nSPS) is 22.1. The van der Waals surface area contributed by atoms with Crippen LogP contribution in [0.25, 0.3) is 0 Å². The predicted molar refractivity (Wildman–Crippen MR) is 41.9 cm³/mol. The third-order valence-electron chi connectivity index (χ3n) is 1.99. The van der Waals surface area contributed by atoms with Gasteiger partial charge in [-0.15, -0.1) is 0 Å². The van der Waals surface area contributed by atoms with Gasteiger partial charge in [-0.25, -0.2) is 0 Å². The average molecular weight is 162 g/mol. The molecular formula is C6H13BF2N2. The Kier molecular flexibility index (Phi) is 3.26. The van der Waals surface area contributed by atoms with Gasteiger partial charge in [-0.1, -0.05) is 0 Å². The molecule has 1 aliphatic rings. The first-order valence-electron chi connectivity index (χ1n) is 3.87. The number of rotatable bonds is 2. The Morgan fingerprint density at radius 1 is 1.18 bits per heavy atom. The van der Waals surface area contributed by atoms with Gasteiger partial charge in [0.15, 0.2) is 0 Å². The summed E-state index contributed by atoms with van der Waals surface area (Å²) in [4.78, 5) is 3.96. The minimum atomic E-state index is -2.18. The van der Waals surface area contributed by atoms with Gasteiger partial charge in [0.25, 0.3) is 0 Å². The molecule has 0 aromatic heterocycles. The van der Waals surface area contributed by atoms with Crippen molar-refractivity contribution in [3.8, 4) is 0 Å². The van der Waals surface area contributed by atoms with Crippen molar-refractivity contribution in [1.29, 1.82) is 0 Å². The van der Waals surface area contributed by atoms with E-state index in [-0.39, 0.29) is 6.44 Å². The highest BCUT2D eigenvalue weighted by Crippen LogP contribution is 2.00. The van der Waals surface area contributed by atoms with E-state index in [2.05, 4.69) is 4.90 Å². The summed E-state index contributed by atoms with van der Waals surface area (Å²) in [6.07, 6.45) is -0.0617. The van der Waals surface area contributed by atoms with Crippen LogP contribution in [-0.4, -0.2) is 56.7 Å². The van der Waals surface area contributed by atoms with Crippen molar-refractivity contribution in [2.75, 3.05) is 39.7 Å². The van der Waals surface area contributed by atoms with Crippen molar-refractivity contribution in [3.05, 3.63) is 0 Å². The van der Waals surface area contributed by atoms with Crippen LogP contribution in [0.5, 0.6) is 0 Å². The van der Waals surface area contributed by atoms with Gasteiger partial charge in [0.1, 0.15) is 0 Å². The molecule has 5 heteroatoms. The van der Waals surface area contributed by atoms with Crippen LogP contribution in [0.4, 0.5) is 8.63 Å². The van der Waals surface area contributed by atoms with E-state index in [0.29, 0.717) is 0 Å². The summed E-state index contributed by atoms with van der Waals surface area (Å²) in [6, 6.07) is 0. The third kappa shape index (κ3) is 3.16. The van der Waals surface area contributed by atoms with Crippen molar-refractivity contribution in [2.45, 2.75) is 0 Å². The smallest absolute Gasteiger partial charge is 0.304 e. The molecule has 0 amide bonds. The van der Waals surface area contributed by atoms with Gasteiger partial charge in [0, 0.05) is 32.6 Å². The van der Waals surface area contributed by atoms with E-state index in [1.165, 1.54) is 0 Å². The number of piperazine rings is 1. The van der Waals surface area contributed by atoms with Gasteiger partial charge in [-0.2, -0.15) is 0 Å². The van der Waals surface area contributed by atoms with Crippen LogP contribution in [0.3, 0.4) is 0 Å². The molecular weight excluding hydrogens is 149 g/mol. The van der Waals surface area contributed by atoms with Crippen molar-refractivity contribution >= 4 is 7.27 Å². The van der Waals surface area contributed by atoms with E-state index >= 15 is 0 Å². The summed E-state index contributed by atoms with van der Waals surface area (Å²) in [6.45, 7) is 3.38. The molecule has 0 atom stereocenters. The molecule has 11 heavy (non-hydrogen) atoms. The fourth-order valence-corrected chi connectivity index (χ4v) is 1.23. The summed E-state index contributed by atoms with van der Waals surface area (Å²) in [5.74, 6) is 0. The maximum absolute atomic E-state index is 11.9. The number of nitrogens with zero attached hydrogens (tertiary/aromatic N) is 2. The first-order valence-corrected chi connectivity index (χ1v) is 3.87. The zero-order valence-electron chi connectivity index (χ0n) is 6.76. The maximum Gasteiger partial charge on any atom is 0.551 e. The molecule has 64 valence electrons. The van der Waals surface area contributed by atoms with Gasteiger partial charge in [0.05, 0.1) is 0 Å². The van der Waals surface area contributed by atoms with E-state index in [1.807, 2.05) is 11.9 Å². The first-order chi connectivity index (χ1) is 5.18. The highest BCUT2D eigenvalue weighted by Gasteiger charge is 2.20. The Bertz CT molecular complexity index is 115. The monoisotopic (exact) mass is 162 g/mol. The van der Waals surface area contributed by atoms with E-state index < -0.39 is 7.27 Å². The Balaban J connectivity index is 2.17. The molecule has 0 N–H and O–H groups in total. The summed E-state index contributed by atoms with van der Waals surface area (Å²) < 4.78 is 23.7. The van der Waals surface area contributed by atoms with Crippen molar-refractivity contribution in [3.63, 3.8) is 0 Å². The molecule has 2 nitrogen and oxygen atoms in total. The minimum Gasteiger partial charge on any atom is -0.304 e. The number of hydrogen-bond donors (Lipinski definition) is 0. The Labute approximate surface area is 66.3 Å². The lowest BCUT2D eigenvalue weighted by Gasteiger charge is -2.31. The van der Waals surface area contributed by atoms with Gasteiger partial charge >= 0.3 is 7.27 Å². The van der Waals surface area contributed by atoms with Crippen molar-refractivity contribution in [2.24, 2.45) is 0 Å². The SMILES string of the molecule is CN1CCN(CB(F)F)CC1. The lowest BCUT2D eigenvalue weighted by atomic mass is 9.98. The summed E-state index contributed by atoms with van der Waals surface area (Å²) in [7, 11) is -0.168. The fourth-order valence-electron chi connectivity index (χ4n) is 1.23. The molecule has 1 fully saturated rings. The van der Waals surface area contributed by atoms with Gasteiger partial charge in [-0.3, -0.25) is 8.63 Å². The first kappa shape index (κ1) is 8.94. The average Bonchev–Trinajstić information content (AvgIpc) is 1.93. The molecule has 1 rings (SSSR count). The predicted octanol–water partition coefficient (Wildman–Crippen LogP) is 0.200. The largest absolute Gasteiger partial charge is 0.551 e. The lowest BCUT2D eigenvalue weighted by molar-refractivity contribution is 0.168. The van der Waals surface area contributed by atoms with Crippen LogP contribution in [-0.2, 0) is 0 Å². The Morgan fingerprint density at radius 2 is 1.73 bits per heavy atom. The highest BCUT2D eigenvalue weighted by atomic mass is 19.2. The molecule has 0 saturated carbocycles. The summed E-state index contributed by atoms with van der Waals surface area (Å²) in [5.41, 5.74) is 0. The minimum absolute atomic E-state index is 0.0617. The van der Waals surface area contributed by atoms with Crippen molar-refractivity contribution < 1.29 is 8.63 Å². The van der Waals surface area contributed by atoms with Crippen LogP contribution >= 0.6 is 0 Å². The zero-order valence-corrected chi connectivity index (χ0v) is 6.76. The molecule has 0 unspecified atom stereocenters. The lowest BCUT2D eigenvalue weighted by Crippen LogP contribution is -2.46. The van der Waals surface area contributed by atoms with Gasteiger partial charge in [-0.05, 0) is 7.05 Å². The topological polar surface area (TPSA) is 6.48 Å². The van der Waals surface area contributed by atoms with Crippen LogP contribution in [0.1, 0.15) is 0 Å². The maximum atomic E-state index is 11.9. The Hall–Kier alpha value is -0.155. The molecule has 0 radical (unpaired) electrons. The molecule has 0 aromatic rings. The van der Waals surface area contributed by atoms with E-state index in [9.17, 15) is 8.63 Å². The second-order valence-corrected chi connectivity index (χ2v) is 2.99. The van der Waals surface area contributed by atoms with Gasteiger partial charge in [0.2, 0.25) is 0 Å². The molecule has 0 aliphatic carbocycles. The number of halogens is 2. The highest BCUT2D eigenvalue weighted by molar-refractivity contribution is 6.42. The second kappa shape index (κ2) is 4.02.